The van der Waals surface area contributed by atoms with Crippen LogP contribution in [0.25, 0.3) is 16.7 Å². The highest BCUT2D eigenvalue weighted by Crippen LogP contribution is 2.39. The van der Waals surface area contributed by atoms with Crippen LogP contribution in [0.3, 0.4) is 0 Å². The van der Waals surface area contributed by atoms with Crippen molar-refractivity contribution in [3.05, 3.63) is 47.3 Å². The number of nitrogens with zero attached hydrogens (tertiary/aromatic N) is 3. The molecule has 0 unspecified atom stereocenters. The highest BCUT2D eigenvalue weighted by atomic mass is 32.2. The summed E-state index contributed by atoms with van der Waals surface area (Å²) in [4.78, 5) is 7.66. The Hall–Kier alpha value is -2.58. The van der Waals surface area contributed by atoms with Gasteiger partial charge in [-0.1, -0.05) is 26.7 Å². The summed E-state index contributed by atoms with van der Waals surface area (Å²) in [7, 11) is -1.95. The van der Waals surface area contributed by atoms with E-state index in [-0.39, 0.29) is 0 Å². The number of rotatable bonds is 7. The third kappa shape index (κ3) is 5.91. The molecular weight excluding hydrogens is 450 g/mol. The van der Waals surface area contributed by atoms with Gasteiger partial charge in [-0.2, -0.15) is 8.42 Å². The summed E-state index contributed by atoms with van der Waals surface area (Å²) in [5.41, 5.74) is 7.34. The molecule has 2 aromatic heterocycles. The number of aromatic nitrogens is 2. The Balaban J connectivity index is 0.000000588. The predicted molar refractivity (Wildman–Crippen MR) is 139 cm³/mol. The number of anilines is 1. The van der Waals surface area contributed by atoms with Gasteiger partial charge in [-0.15, -0.1) is 0 Å². The van der Waals surface area contributed by atoms with Gasteiger partial charge in [0, 0.05) is 29.9 Å². The van der Waals surface area contributed by atoms with E-state index in [4.69, 9.17) is 14.3 Å². The topological polar surface area (TPSA) is 84.7 Å². The van der Waals surface area contributed by atoms with Gasteiger partial charge in [0.25, 0.3) is 10.1 Å². The van der Waals surface area contributed by atoms with Crippen LogP contribution in [0.1, 0.15) is 56.4 Å². The molecule has 0 saturated heterocycles. The summed E-state index contributed by atoms with van der Waals surface area (Å²) in [5, 5.41) is 1.34. The van der Waals surface area contributed by atoms with E-state index in [1.54, 1.807) is 7.11 Å². The Morgan fingerprint density at radius 3 is 2.32 bits per heavy atom. The van der Waals surface area contributed by atoms with Crippen LogP contribution in [0, 0.1) is 13.8 Å². The SMILES string of the molecule is CCCC(CCC)N1CCc2cn(-c3ccc(OC)cc3C)c3nc(C)cc1c23.CS(=O)(=O)O. The fourth-order valence-corrected chi connectivity index (χ4v) is 4.89. The van der Waals surface area contributed by atoms with E-state index < -0.39 is 10.1 Å². The van der Waals surface area contributed by atoms with Crippen molar-refractivity contribution in [3.8, 4) is 11.4 Å². The van der Waals surface area contributed by atoms with Crippen molar-refractivity contribution in [2.24, 2.45) is 0 Å². The lowest BCUT2D eigenvalue weighted by Gasteiger charge is -2.37. The van der Waals surface area contributed by atoms with Crippen LogP contribution in [0.15, 0.2) is 30.5 Å². The Bertz CT molecular complexity index is 1240. The van der Waals surface area contributed by atoms with Gasteiger partial charge in [-0.25, -0.2) is 4.98 Å². The van der Waals surface area contributed by atoms with Gasteiger partial charge in [0.1, 0.15) is 11.4 Å². The third-order valence-corrected chi connectivity index (χ3v) is 6.22. The Morgan fingerprint density at radius 2 is 1.76 bits per heavy atom. The zero-order valence-corrected chi connectivity index (χ0v) is 21.9. The van der Waals surface area contributed by atoms with Gasteiger partial charge in [-0.3, -0.25) is 4.55 Å². The minimum absolute atomic E-state index is 0.620. The van der Waals surface area contributed by atoms with Crippen molar-refractivity contribution in [3.63, 3.8) is 0 Å². The summed E-state index contributed by atoms with van der Waals surface area (Å²) in [6, 6.07) is 9.20. The summed E-state index contributed by atoms with van der Waals surface area (Å²) in [6.45, 7) is 9.96. The van der Waals surface area contributed by atoms with E-state index in [0.717, 1.165) is 30.1 Å². The van der Waals surface area contributed by atoms with Crippen molar-refractivity contribution < 1.29 is 17.7 Å². The second kappa shape index (κ2) is 10.8. The van der Waals surface area contributed by atoms with Crippen LogP contribution < -0.4 is 9.64 Å². The molecule has 0 fully saturated rings. The molecule has 0 aliphatic carbocycles. The molecule has 0 amide bonds. The Labute approximate surface area is 203 Å². The molecule has 0 radical (unpaired) electrons. The molecule has 1 aliphatic heterocycles. The molecule has 0 saturated carbocycles. The summed E-state index contributed by atoms with van der Waals surface area (Å²) in [6.07, 6.45) is 9.07. The number of hydrogen-bond donors (Lipinski definition) is 1. The van der Waals surface area contributed by atoms with E-state index in [9.17, 15) is 8.42 Å². The molecule has 3 aromatic rings. The zero-order valence-electron chi connectivity index (χ0n) is 21.1. The summed E-state index contributed by atoms with van der Waals surface area (Å²) < 4.78 is 33.6. The maximum absolute atomic E-state index is 9.19. The van der Waals surface area contributed by atoms with Gasteiger partial charge in [0.2, 0.25) is 0 Å². The van der Waals surface area contributed by atoms with Gasteiger partial charge in [-0.05, 0) is 68.5 Å². The lowest BCUT2D eigenvalue weighted by atomic mass is 9.98. The minimum atomic E-state index is -3.67. The lowest BCUT2D eigenvalue weighted by Crippen LogP contribution is -2.38. The monoisotopic (exact) mass is 487 g/mol. The number of pyridine rings is 1. The van der Waals surface area contributed by atoms with Crippen LogP contribution in [0.4, 0.5) is 5.69 Å². The first-order valence-electron chi connectivity index (χ1n) is 11.9. The van der Waals surface area contributed by atoms with Gasteiger partial charge >= 0.3 is 0 Å². The van der Waals surface area contributed by atoms with E-state index >= 15 is 0 Å². The normalized spacial score (nSPS) is 13.2. The number of benzene rings is 1. The Kier molecular flexibility index (Phi) is 8.25. The zero-order chi connectivity index (χ0) is 25.0. The van der Waals surface area contributed by atoms with Gasteiger partial charge in [0.15, 0.2) is 0 Å². The lowest BCUT2D eigenvalue weighted by molar-refractivity contribution is 0.414. The van der Waals surface area contributed by atoms with E-state index in [1.807, 2.05) is 6.07 Å². The molecule has 186 valence electrons. The highest BCUT2D eigenvalue weighted by molar-refractivity contribution is 7.85. The van der Waals surface area contributed by atoms with E-state index in [0.29, 0.717) is 12.3 Å². The van der Waals surface area contributed by atoms with Gasteiger partial charge < -0.3 is 14.2 Å². The molecule has 8 heteroatoms. The fraction of sp³-hybridized carbons (Fsp3) is 0.500. The predicted octanol–water partition coefficient (Wildman–Crippen LogP) is 5.49. The quantitative estimate of drug-likeness (QED) is 0.444. The van der Waals surface area contributed by atoms with Crippen molar-refractivity contribution >= 4 is 26.8 Å². The summed E-state index contributed by atoms with van der Waals surface area (Å²) >= 11 is 0. The molecule has 0 atom stereocenters. The van der Waals surface area contributed by atoms with Crippen LogP contribution in [-0.2, 0) is 16.5 Å². The average Bonchev–Trinajstić information content (AvgIpc) is 3.11. The first kappa shape index (κ1) is 26.0. The van der Waals surface area contributed by atoms with Gasteiger partial charge in [0.05, 0.1) is 24.7 Å². The van der Waals surface area contributed by atoms with Crippen molar-refractivity contribution in [1.29, 1.82) is 0 Å². The van der Waals surface area contributed by atoms with Crippen LogP contribution in [0.5, 0.6) is 5.75 Å². The molecular formula is C26H37N3O4S. The maximum Gasteiger partial charge on any atom is 0.261 e. The number of aryl methyl sites for hydroxylation is 2. The first-order chi connectivity index (χ1) is 16.1. The fourth-order valence-electron chi connectivity index (χ4n) is 4.89. The van der Waals surface area contributed by atoms with E-state index in [1.165, 1.54) is 53.6 Å². The Morgan fingerprint density at radius 1 is 1.12 bits per heavy atom. The van der Waals surface area contributed by atoms with E-state index in [2.05, 4.69) is 61.6 Å². The number of ether oxygens (including phenoxy) is 1. The van der Waals surface area contributed by atoms with Crippen LogP contribution in [-0.4, -0.2) is 48.5 Å². The standard InChI is InChI=1S/C25H33N3O.CH4O3S/c1-6-8-20(9-7-2)27-13-12-19-16-28(22-11-10-21(29-5)14-17(22)3)25-24(19)23(27)15-18(4)26-25;1-5(2,3)4/h10-11,14-16,20H,6-9,12-13H2,1-5H3;1H3,(H,2,3,4). The molecule has 1 aliphatic rings. The molecule has 0 spiro atoms. The number of methoxy groups -OCH3 is 1. The molecule has 4 rings (SSSR count). The molecule has 3 heterocycles. The minimum Gasteiger partial charge on any atom is -0.497 e. The second-order valence-electron chi connectivity index (χ2n) is 9.07. The van der Waals surface area contributed by atoms with Crippen molar-refractivity contribution in [2.45, 2.75) is 65.8 Å². The highest BCUT2D eigenvalue weighted by Gasteiger charge is 2.28. The molecule has 1 aromatic carbocycles. The summed E-state index contributed by atoms with van der Waals surface area (Å²) in [5.74, 6) is 0.894. The first-order valence-corrected chi connectivity index (χ1v) is 13.8. The second-order valence-corrected chi connectivity index (χ2v) is 10.5. The molecule has 0 bridgehead atoms. The average molecular weight is 488 g/mol. The van der Waals surface area contributed by atoms with Crippen molar-refractivity contribution in [1.82, 2.24) is 9.55 Å². The molecule has 1 N–H and O–H groups in total. The molecule has 34 heavy (non-hydrogen) atoms. The molecule has 7 nitrogen and oxygen atoms in total. The smallest absolute Gasteiger partial charge is 0.261 e. The largest absolute Gasteiger partial charge is 0.497 e. The maximum atomic E-state index is 9.19. The van der Waals surface area contributed by atoms with Crippen molar-refractivity contribution in [2.75, 3.05) is 24.8 Å². The third-order valence-electron chi connectivity index (χ3n) is 6.22. The van der Waals surface area contributed by atoms with Crippen LogP contribution >= 0.6 is 0 Å². The number of hydrogen-bond acceptors (Lipinski definition) is 5. The van der Waals surface area contributed by atoms with Crippen LogP contribution in [0.2, 0.25) is 0 Å².